The number of amidine groups is 1. The summed E-state index contributed by atoms with van der Waals surface area (Å²) in [5, 5.41) is 16.2. The fraction of sp³-hybridized carbons (Fsp3) is 0.0526. The SMILES string of the molecule is NC(=NOC(=O)COc1ccc2ccccc2c1Br)c1ccc([N+](=O)[O-])cc1. The lowest BCUT2D eigenvalue weighted by Crippen LogP contribution is -2.18. The molecule has 0 aromatic heterocycles. The first-order valence-electron chi connectivity index (χ1n) is 8.04. The molecule has 3 aromatic carbocycles. The fourth-order valence-corrected chi connectivity index (χ4v) is 3.00. The van der Waals surface area contributed by atoms with Gasteiger partial charge in [0.2, 0.25) is 0 Å². The van der Waals surface area contributed by atoms with E-state index in [9.17, 15) is 14.9 Å². The Hall–Kier alpha value is -3.46. The number of nitro groups is 1. The molecule has 9 heteroatoms. The molecule has 2 N–H and O–H groups in total. The monoisotopic (exact) mass is 443 g/mol. The summed E-state index contributed by atoms with van der Waals surface area (Å²) in [6.07, 6.45) is 0. The standard InChI is InChI=1S/C19H14BrN3O5/c20-18-15-4-2-1-3-12(15)7-10-16(18)27-11-17(24)28-22-19(21)13-5-8-14(9-6-13)23(25)26/h1-10H,11H2,(H2,21,22). The lowest BCUT2D eigenvalue weighted by atomic mass is 10.1. The second kappa shape index (κ2) is 8.49. The van der Waals surface area contributed by atoms with Gasteiger partial charge in [-0.3, -0.25) is 10.1 Å². The van der Waals surface area contributed by atoms with Crippen molar-refractivity contribution in [3.8, 4) is 5.75 Å². The van der Waals surface area contributed by atoms with Crippen molar-refractivity contribution in [2.24, 2.45) is 10.9 Å². The number of hydrogen-bond acceptors (Lipinski definition) is 6. The first kappa shape index (κ1) is 19.3. The number of nitrogens with zero attached hydrogens (tertiary/aromatic N) is 2. The number of rotatable bonds is 6. The predicted molar refractivity (Wildman–Crippen MR) is 107 cm³/mol. The summed E-state index contributed by atoms with van der Waals surface area (Å²) in [4.78, 5) is 26.7. The molecule has 0 atom stereocenters. The first-order chi connectivity index (χ1) is 13.5. The molecule has 3 aromatic rings. The fourth-order valence-electron chi connectivity index (χ4n) is 2.39. The molecule has 8 nitrogen and oxygen atoms in total. The van der Waals surface area contributed by atoms with Crippen molar-refractivity contribution in [1.82, 2.24) is 0 Å². The van der Waals surface area contributed by atoms with Gasteiger partial charge in [-0.05, 0) is 44.9 Å². The predicted octanol–water partition coefficient (Wildman–Crippen LogP) is 3.75. The molecule has 28 heavy (non-hydrogen) atoms. The Balaban J connectivity index is 1.60. The number of nitro benzene ring substituents is 1. The van der Waals surface area contributed by atoms with Crippen LogP contribution in [0.5, 0.6) is 5.75 Å². The number of halogens is 1. The first-order valence-corrected chi connectivity index (χ1v) is 8.83. The van der Waals surface area contributed by atoms with E-state index < -0.39 is 10.9 Å². The molecule has 0 spiro atoms. The molecule has 0 radical (unpaired) electrons. The maximum atomic E-state index is 11.9. The van der Waals surface area contributed by atoms with E-state index in [1.165, 1.54) is 24.3 Å². The molecule has 0 unspecified atom stereocenters. The molecule has 0 aliphatic heterocycles. The number of non-ortho nitro benzene ring substituents is 1. The third kappa shape index (κ3) is 4.44. The normalized spacial score (nSPS) is 11.2. The van der Waals surface area contributed by atoms with Gasteiger partial charge in [0.25, 0.3) is 5.69 Å². The van der Waals surface area contributed by atoms with Crippen LogP contribution in [-0.4, -0.2) is 23.3 Å². The van der Waals surface area contributed by atoms with E-state index in [1.807, 2.05) is 30.3 Å². The van der Waals surface area contributed by atoms with E-state index in [4.69, 9.17) is 15.3 Å². The van der Waals surface area contributed by atoms with Crippen LogP contribution in [0.1, 0.15) is 5.56 Å². The van der Waals surface area contributed by atoms with Crippen LogP contribution in [0.25, 0.3) is 10.8 Å². The summed E-state index contributed by atoms with van der Waals surface area (Å²) in [5.41, 5.74) is 6.02. The molecule has 0 amide bonds. The Kier molecular flexibility index (Phi) is 5.85. The van der Waals surface area contributed by atoms with Crippen LogP contribution in [0.3, 0.4) is 0 Å². The average molecular weight is 444 g/mol. The van der Waals surface area contributed by atoms with Gasteiger partial charge in [-0.25, -0.2) is 4.79 Å². The Morgan fingerprint density at radius 2 is 1.82 bits per heavy atom. The number of nitrogens with two attached hydrogens (primary N) is 1. The molecule has 0 fully saturated rings. The highest BCUT2D eigenvalue weighted by atomic mass is 79.9. The summed E-state index contributed by atoms with van der Waals surface area (Å²) >= 11 is 3.47. The molecule has 0 saturated carbocycles. The van der Waals surface area contributed by atoms with Crippen LogP contribution in [-0.2, 0) is 9.63 Å². The van der Waals surface area contributed by atoms with E-state index >= 15 is 0 Å². The van der Waals surface area contributed by atoms with Crippen LogP contribution in [0.15, 0.2) is 70.3 Å². The van der Waals surface area contributed by atoms with Crippen LogP contribution in [0.2, 0.25) is 0 Å². The van der Waals surface area contributed by atoms with Crippen molar-refractivity contribution >= 4 is 44.2 Å². The van der Waals surface area contributed by atoms with Gasteiger partial charge < -0.3 is 15.3 Å². The van der Waals surface area contributed by atoms with Gasteiger partial charge in [0.1, 0.15) is 5.75 Å². The second-order valence-corrected chi connectivity index (χ2v) is 6.42. The number of oxime groups is 1. The van der Waals surface area contributed by atoms with Crippen molar-refractivity contribution in [2.75, 3.05) is 6.61 Å². The smallest absolute Gasteiger partial charge is 0.372 e. The minimum absolute atomic E-state index is 0.0806. The van der Waals surface area contributed by atoms with Gasteiger partial charge >= 0.3 is 5.97 Å². The van der Waals surface area contributed by atoms with Crippen LogP contribution in [0, 0.1) is 10.1 Å². The van der Waals surface area contributed by atoms with Gasteiger partial charge in [0, 0.05) is 17.7 Å². The molecular formula is C19H14BrN3O5. The van der Waals surface area contributed by atoms with E-state index in [1.54, 1.807) is 6.07 Å². The second-order valence-electron chi connectivity index (χ2n) is 5.63. The molecule has 0 bridgehead atoms. The molecule has 0 saturated heterocycles. The molecule has 0 heterocycles. The molecule has 3 rings (SSSR count). The van der Waals surface area contributed by atoms with Gasteiger partial charge in [-0.2, -0.15) is 0 Å². The quantitative estimate of drug-likeness (QED) is 0.204. The summed E-state index contributed by atoms with van der Waals surface area (Å²) in [6, 6.07) is 16.7. The Morgan fingerprint density at radius 3 is 2.54 bits per heavy atom. The zero-order valence-electron chi connectivity index (χ0n) is 14.4. The minimum Gasteiger partial charge on any atom is -0.481 e. The van der Waals surface area contributed by atoms with E-state index in [2.05, 4.69) is 21.1 Å². The Labute approximate surface area is 167 Å². The Bertz CT molecular complexity index is 1070. The number of ether oxygens (including phenoxy) is 1. The van der Waals surface area contributed by atoms with E-state index in [0.717, 1.165) is 15.2 Å². The number of fused-ring (bicyclic) bond motifs is 1. The van der Waals surface area contributed by atoms with Gasteiger partial charge in [-0.15, -0.1) is 0 Å². The van der Waals surface area contributed by atoms with Gasteiger partial charge in [0.05, 0.1) is 9.40 Å². The van der Waals surface area contributed by atoms with Crippen LogP contribution in [0.4, 0.5) is 5.69 Å². The summed E-state index contributed by atoms with van der Waals surface area (Å²) in [6.45, 7) is -0.367. The molecule has 142 valence electrons. The minimum atomic E-state index is -0.745. The topological polar surface area (TPSA) is 117 Å². The lowest BCUT2D eigenvalue weighted by molar-refractivity contribution is -0.384. The summed E-state index contributed by atoms with van der Waals surface area (Å²) in [7, 11) is 0. The van der Waals surface area contributed by atoms with E-state index in [-0.39, 0.29) is 18.1 Å². The van der Waals surface area contributed by atoms with Crippen LogP contribution < -0.4 is 10.5 Å². The van der Waals surface area contributed by atoms with Crippen molar-refractivity contribution in [1.29, 1.82) is 0 Å². The summed E-state index contributed by atoms with van der Waals surface area (Å²) in [5.74, 6) is -0.344. The van der Waals surface area contributed by atoms with Crippen LogP contribution >= 0.6 is 15.9 Å². The number of carbonyl (C=O) groups excluding carboxylic acids is 1. The number of benzene rings is 3. The van der Waals surface area contributed by atoms with Crippen molar-refractivity contribution in [3.05, 3.63) is 80.8 Å². The van der Waals surface area contributed by atoms with Gasteiger partial charge in [-0.1, -0.05) is 35.5 Å². The van der Waals surface area contributed by atoms with Crippen molar-refractivity contribution in [3.63, 3.8) is 0 Å². The number of carbonyl (C=O) groups is 1. The van der Waals surface area contributed by atoms with Crippen molar-refractivity contribution in [2.45, 2.75) is 0 Å². The molecule has 0 aliphatic rings. The molecular weight excluding hydrogens is 430 g/mol. The third-order valence-electron chi connectivity index (χ3n) is 3.79. The largest absolute Gasteiger partial charge is 0.481 e. The van der Waals surface area contributed by atoms with Crippen molar-refractivity contribution < 1.29 is 19.3 Å². The maximum absolute atomic E-state index is 11.9. The summed E-state index contributed by atoms with van der Waals surface area (Å²) < 4.78 is 6.21. The zero-order chi connectivity index (χ0) is 20.1. The third-order valence-corrected chi connectivity index (χ3v) is 4.61. The Morgan fingerprint density at radius 1 is 1.11 bits per heavy atom. The average Bonchev–Trinajstić information content (AvgIpc) is 2.71. The zero-order valence-corrected chi connectivity index (χ0v) is 16.0. The highest BCUT2D eigenvalue weighted by Crippen LogP contribution is 2.32. The highest BCUT2D eigenvalue weighted by Gasteiger charge is 2.11. The molecule has 0 aliphatic carbocycles. The van der Waals surface area contributed by atoms with E-state index in [0.29, 0.717) is 11.3 Å². The van der Waals surface area contributed by atoms with Gasteiger partial charge in [0.15, 0.2) is 12.4 Å². The maximum Gasteiger partial charge on any atom is 0.372 e. The highest BCUT2D eigenvalue weighted by molar-refractivity contribution is 9.10. The lowest BCUT2D eigenvalue weighted by Gasteiger charge is -2.09. The number of hydrogen-bond donors (Lipinski definition) is 1.